The van der Waals surface area contributed by atoms with Gasteiger partial charge in [0.05, 0.1) is 10.6 Å². The van der Waals surface area contributed by atoms with Crippen LogP contribution in [0.15, 0.2) is 47.0 Å². The first-order chi connectivity index (χ1) is 13.4. The number of ether oxygens (including phenoxy) is 1. The Morgan fingerprint density at radius 1 is 1.25 bits per heavy atom. The normalized spacial score (nSPS) is 10.9. The molecular weight excluding hydrogens is 397 g/mol. The van der Waals surface area contributed by atoms with E-state index in [4.69, 9.17) is 16.1 Å². The number of halogens is 4. The minimum Gasteiger partial charge on any atom is -0.435 e. The molecule has 28 heavy (non-hydrogen) atoms. The number of carbonyl (C=O) groups excluding carboxylic acids is 1. The minimum absolute atomic E-state index is 0.00113. The number of nitrogens with zero attached hydrogens (tertiary/aromatic N) is 1. The third kappa shape index (κ3) is 4.28. The molecule has 0 saturated heterocycles. The first kappa shape index (κ1) is 19.8. The summed E-state index contributed by atoms with van der Waals surface area (Å²) in [6, 6.07) is 9.92. The Hall–Kier alpha value is -3.00. The molecule has 1 amide bonds. The maximum Gasteiger partial charge on any atom is 0.387 e. The van der Waals surface area contributed by atoms with Gasteiger partial charge in [0.2, 0.25) is 0 Å². The highest BCUT2D eigenvalue weighted by molar-refractivity contribution is 6.33. The standard InChI is InChI=1S/C19H14ClF3N2O3/c1-10-15(17(25-28-10)16-13(20)3-2-4-14(16)21)18(26)24-9-11-5-7-12(8-6-11)27-19(22)23/h2-8,19H,9H2,1H3,(H,24,26). The Bertz CT molecular complexity index is 970. The number of aryl methyl sites for hydroxylation is 1. The molecule has 0 unspecified atom stereocenters. The predicted octanol–water partition coefficient (Wildman–Crippen LogP) is 4.97. The van der Waals surface area contributed by atoms with E-state index >= 15 is 0 Å². The molecule has 0 saturated carbocycles. The molecule has 1 aromatic heterocycles. The number of rotatable bonds is 6. The van der Waals surface area contributed by atoms with Crippen LogP contribution in [0.2, 0.25) is 5.02 Å². The number of nitrogens with one attached hydrogen (secondary N) is 1. The first-order valence-corrected chi connectivity index (χ1v) is 8.47. The van der Waals surface area contributed by atoms with E-state index in [0.717, 1.165) is 0 Å². The Morgan fingerprint density at radius 3 is 2.61 bits per heavy atom. The topological polar surface area (TPSA) is 64.4 Å². The molecule has 3 aromatic rings. The van der Waals surface area contributed by atoms with Crippen molar-refractivity contribution in [2.75, 3.05) is 0 Å². The van der Waals surface area contributed by atoms with Crippen molar-refractivity contribution in [2.24, 2.45) is 0 Å². The fourth-order valence-corrected chi connectivity index (χ4v) is 2.85. The van der Waals surface area contributed by atoms with Crippen LogP contribution in [-0.4, -0.2) is 17.7 Å². The van der Waals surface area contributed by atoms with Crippen LogP contribution in [0.3, 0.4) is 0 Å². The van der Waals surface area contributed by atoms with Crippen molar-refractivity contribution in [3.8, 4) is 17.0 Å². The third-order valence-electron chi connectivity index (χ3n) is 3.89. The van der Waals surface area contributed by atoms with Crippen molar-refractivity contribution in [3.63, 3.8) is 0 Å². The number of carbonyl (C=O) groups is 1. The average molecular weight is 411 g/mol. The van der Waals surface area contributed by atoms with Crippen LogP contribution in [0.5, 0.6) is 5.75 Å². The van der Waals surface area contributed by atoms with E-state index in [-0.39, 0.29) is 39.9 Å². The molecule has 0 bridgehead atoms. The molecule has 0 aliphatic carbocycles. The lowest BCUT2D eigenvalue weighted by molar-refractivity contribution is -0.0498. The molecule has 0 aliphatic rings. The summed E-state index contributed by atoms with van der Waals surface area (Å²) in [6.45, 7) is -1.29. The van der Waals surface area contributed by atoms with Crippen LogP contribution >= 0.6 is 11.6 Å². The maximum absolute atomic E-state index is 14.2. The highest BCUT2D eigenvalue weighted by Gasteiger charge is 2.25. The van der Waals surface area contributed by atoms with Gasteiger partial charge in [0.15, 0.2) is 0 Å². The lowest BCUT2D eigenvalue weighted by atomic mass is 10.0. The molecule has 9 heteroatoms. The summed E-state index contributed by atoms with van der Waals surface area (Å²) < 4.78 is 47.9. The smallest absolute Gasteiger partial charge is 0.387 e. The van der Waals surface area contributed by atoms with E-state index in [0.29, 0.717) is 5.56 Å². The van der Waals surface area contributed by atoms with E-state index in [1.54, 1.807) is 0 Å². The van der Waals surface area contributed by atoms with Gasteiger partial charge >= 0.3 is 6.61 Å². The number of hydrogen-bond donors (Lipinski definition) is 1. The van der Waals surface area contributed by atoms with Gasteiger partial charge in [-0.05, 0) is 36.8 Å². The van der Waals surface area contributed by atoms with Gasteiger partial charge in [0.1, 0.15) is 28.6 Å². The molecular formula is C19H14ClF3N2O3. The van der Waals surface area contributed by atoms with E-state index in [1.165, 1.54) is 49.4 Å². The van der Waals surface area contributed by atoms with E-state index in [9.17, 15) is 18.0 Å². The third-order valence-corrected chi connectivity index (χ3v) is 4.21. The lowest BCUT2D eigenvalue weighted by Gasteiger charge is -2.08. The molecule has 1 N–H and O–H groups in total. The fourth-order valence-electron chi connectivity index (χ4n) is 2.59. The van der Waals surface area contributed by atoms with E-state index < -0.39 is 18.3 Å². The van der Waals surface area contributed by atoms with Gasteiger partial charge in [0, 0.05) is 6.54 Å². The van der Waals surface area contributed by atoms with Crippen LogP contribution in [0, 0.1) is 12.7 Å². The largest absolute Gasteiger partial charge is 0.435 e. The summed E-state index contributed by atoms with van der Waals surface area (Å²) in [7, 11) is 0. The molecule has 0 radical (unpaired) electrons. The molecule has 2 aromatic carbocycles. The average Bonchev–Trinajstić information content (AvgIpc) is 3.01. The molecule has 5 nitrogen and oxygen atoms in total. The van der Waals surface area contributed by atoms with Crippen molar-refractivity contribution in [3.05, 3.63) is 70.2 Å². The molecule has 146 valence electrons. The zero-order chi connectivity index (χ0) is 20.3. The van der Waals surface area contributed by atoms with E-state index in [1.807, 2.05) is 0 Å². The lowest BCUT2D eigenvalue weighted by Crippen LogP contribution is -2.23. The second-order valence-electron chi connectivity index (χ2n) is 5.76. The molecule has 0 atom stereocenters. The highest BCUT2D eigenvalue weighted by Crippen LogP contribution is 2.33. The highest BCUT2D eigenvalue weighted by atomic mass is 35.5. The van der Waals surface area contributed by atoms with Gasteiger partial charge in [-0.2, -0.15) is 8.78 Å². The number of amides is 1. The number of hydrogen-bond acceptors (Lipinski definition) is 4. The van der Waals surface area contributed by atoms with Crippen LogP contribution < -0.4 is 10.1 Å². The molecule has 0 aliphatic heterocycles. The van der Waals surface area contributed by atoms with Crippen LogP contribution in [0.4, 0.5) is 13.2 Å². The minimum atomic E-state index is -2.91. The number of aromatic nitrogens is 1. The zero-order valence-electron chi connectivity index (χ0n) is 14.5. The van der Waals surface area contributed by atoms with Gasteiger partial charge in [-0.3, -0.25) is 4.79 Å². The second-order valence-corrected chi connectivity index (χ2v) is 6.17. The molecule has 0 spiro atoms. The Kier molecular flexibility index (Phi) is 5.89. The summed E-state index contributed by atoms with van der Waals surface area (Å²) in [5.74, 6) is -0.964. The quantitative estimate of drug-likeness (QED) is 0.623. The zero-order valence-corrected chi connectivity index (χ0v) is 15.3. The van der Waals surface area contributed by atoms with Gasteiger partial charge < -0.3 is 14.6 Å². The van der Waals surface area contributed by atoms with Crippen LogP contribution in [0.1, 0.15) is 21.7 Å². The summed E-state index contributed by atoms with van der Waals surface area (Å²) >= 11 is 6.06. The SMILES string of the molecule is Cc1onc(-c2c(F)cccc2Cl)c1C(=O)NCc1ccc(OC(F)F)cc1. The van der Waals surface area contributed by atoms with Gasteiger partial charge in [-0.25, -0.2) is 4.39 Å². The summed E-state index contributed by atoms with van der Waals surface area (Å²) in [6.07, 6.45) is 0. The Labute approximate surface area is 163 Å². The predicted molar refractivity (Wildman–Crippen MR) is 95.9 cm³/mol. The van der Waals surface area contributed by atoms with Crippen molar-refractivity contribution in [1.29, 1.82) is 0 Å². The number of alkyl halides is 2. The Balaban J connectivity index is 1.78. The summed E-state index contributed by atoms with van der Waals surface area (Å²) in [5.41, 5.74) is 0.678. The molecule has 3 rings (SSSR count). The fraction of sp³-hybridized carbons (Fsp3) is 0.158. The monoisotopic (exact) mass is 410 g/mol. The van der Waals surface area contributed by atoms with Crippen molar-refractivity contribution in [1.82, 2.24) is 10.5 Å². The van der Waals surface area contributed by atoms with Crippen molar-refractivity contribution >= 4 is 17.5 Å². The Morgan fingerprint density at radius 2 is 1.96 bits per heavy atom. The summed E-state index contributed by atoms with van der Waals surface area (Å²) in [5, 5.41) is 6.53. The van der Waals surface area contributed by atoms with Gasteiger partial charge in [-0.1, -0.05) is 35.0 Å². The van der Waals surface area contributed by atoms with E-state index in [2.05, 4.69) is 15.2 Å². The van der Waals surface area contributed by atoms with Crippen molar-refractivity contribution < 1.29 is 27.2 Å². The summed E-state index contributed by atoms with van der Waals surface area (Å²) in [4.78, 5) is 12.6. The first-order valence-electron chi connectivity index (χ1n) is 8.09. The number of benzene rings is 2. The maximum atomic E-state index is 14.2. The van der Waals surface area contributed by atoms with Crippen LogP contribution in [0.25, 0.3) is 11.3 Å². The molecule has 1 heterocycles. The molecule has 0 fully saturated rings. The van der Waals surface area contributed by atoms with Crippen molar-refractivity contribution in [2.45, 2.75) is 20.1 Å². The van der Waals surface area contributed by atoms with Gasteiger partial charge in [-0.15, -0.1) is 0 Å². The van der Waals surface area contributed by atoms with Crippen LogP contribution in [-0.2, 0) is 6.54 Å². The van der Waals surface area contributed by atoms with Gasteiger partial charge in [0.25, 0.3) is 5.91 Å². The second kappa shape index (κ2) is 8.35.